The third kappa shape index (κ3) is 3.94. The molecule has 2 aliphatic rings. The predicted octanol–water partition coefficient (Wildman–Crippen LogP) is 3.20. The Balaban J connectivity index is 1.81. The molecular weight excluding hydrogens is 438 g/mol. The van der Waals surface area contributed by atoms with Crippen LogP contribution in [0.3, 0.4) is 0 Å². The first kappa shape index (κ1) is 19.7. The number of primary amides is 1. The number of hydrogen-bond donors (Lipinski definition) is 2. The molecule has 7 nitrogen and oxygen atoms in total. The number of nitrogens with zero attached hydrogens (tertiary/aromatic N) is 1. The Kier molecular flexibility index (Phi) is 5.21. The first-order chi connectivity index (χ1) is 13.8. The molecule has 1 unspecified atom stereocenters. The van der Waals surface area contributed by atoms with Crippen LogP contribution in [0.15, 0.2) is 33.5 Å². The molecule has 1 fully saturated rings. The number of halogens is 1. The molecular formula is C21H22BrN3O4. The van der Waals surface area contributed by atoms with Crippen molar-refractivity contribution in [1.29, 1.82) is 0 Å². The Morgan fingerprint density at radius 3 is 2.66 bits per heavy atom. The fraction of sp³-hybridized carbons (Fsp3) is 0.381. The molecule has 1 aliphatic heterocycles. The topological polar surface area (TPSA) is 103 Å². The fourth-order valence-electron chi connectivity index (χ4n) is 3.71. The van der Waals surface area contributed by atoms with Crippen molar-refractivity contribution in [2.45, 2.75) is 38.6 Å². The fourth-order valence-corrected chi connectivity index (χ4v) is 4.18. The molecule has 0 spiro atoms. The Labute approximate surface area is 176 Å². The molecule has 0 bridgehead atoms. The van der Waals surface area contributed by atoms with Crippen molar-refractivity contribution in [2.75, 3.05) is 11.9 Å². The molecule has 1 aromatic carbocycles. The smallest absolute Gasteiger partial charge is 0.342 e. The molecule has 8 heteroatoms. The van der Waals surface area contributed by atoms with E-state index in [0.717, 1.165) is 28.6 Å². The lowest BCUT2D eigenvalue weighted by Crippen LogP contribution is -2.28. The van der Waals surface area contributed by atoms with E-state index in [0.29, 0.717) is 36.9 Å². The van der Waals surface area contributed by atoms with E-state index in [-0.39, 0.29) is 11.1 Å². The van der Waals surface area contributed by atoms with Gasteiger partial charge in [0.1, 0.15) is 5.56 Å². The molecule has 1 saturated carbocycles. The molecule has 1 aromatic heterocycles. The van der Waals surface area contributed by atoms with E-state index in [4.69, 9.17) is 10.5 Å². The van der Waals surface area contributed by atoms with Gasteiger partial charge in [0.05, 0.1) is 23.9 Å². The molecule has 1 amide bonds. The van der Waals surface area contributed by atoms with Crippen LogP contribution in [0.2, 0.25) is 0 Å². The lowest BCUT2D eigenvalue weighted by Gasteiger charge is -2.19. The van der Waals surface area contributed by atoms with Crippen molar-refractivity contribution in [2.24, 2.45) is 11.7 Å². The number of fused-ring (bicyclic) bond motifs is 1. The summed E-state index contributed by atoms with van der Waals surface area (Å²) in [4.78, 5) is 37.7. The van der Waals surface area contributed by atoms with Gasteiger partial charge in [-0.3, -0.25) is 9.59 Å². The number of benzene rings is 1. The highest BCUT2D eigenvalue weighted by Crippen LogP contribution is 2.36. The van der Waals surface area contributed by atoms with Gasteiger partial charge in [-0.1, -0.05) is 15.9 Å². The minimum Gasteiger partial charge on any atom is -0.462 e. The van der Waals surface area contributed by atoms with Gasteiger partial charge < -0.3 is 20.4 Å². The number of amides is 1. The number of anilines is 2. The zero-order valence-corrected chi connectivity index (χ0v) is 17.6. The number of pyridine rings is 1. The number of carbonyl (C=O) groups excluding carboxylic acids is 2. The van der Waals surface area contributed by atoms with Gasteiger partial charge >= 0.3 is 5.97 Å². The van der Waals surface area contributed by atoms with E-state index in [1.165, 1.54) is 10.6 Å². The second kappa shape index (κ2) is 7.67. The Hall–Kier alpha value is -2.61. The van der Waals surface area contributed by atoms with E-state index in [2.05, 4.69) is 21.2 Å². The highest BCUT2D eigenvalue weighted by molar-refractivity contribution is 9.10. The molecule has 0 saturated heterocycles. The van der Waals surface area contributed by atoms with Gasteiger partial charge in [0, 0.05) is 22.8 Å². The number of nitrogens with two attached hydrogens (primary N) is 1. The van der Waals surface area contributed by atoms with E-state index < -0.39 is 17.8 Å². The maximum atomic E-state index is 13.0. The van der Waals surface area contributed by atoms with Crippen LogP contribution >= 0.6 is 15.9 Å². The van der Waals surface area contributed by atoms with Crippen molar-refractivity contribution >= 4 is 39.2 Å². The Morgan fingerprint density at radius 1 is 1.24 bits per heavy atom. The summed E-state index contributed by atoms with van der Waals surface area (Å²) in [5, 5.41) is 3.20. The summed E-state index contributed by atoms with van der Waals surface area (Å²) in [6.07, 6.45) is 2.49. The average molecular weight is 460 g/mol. The quantitative estimate of drug-likeness (QED) is 0.645. The molecule has 2 heterocycles. The zero-order valence-electron chi connectivity index (χ0n) is 16.0. The maximum Gasteiger partial charge on any atom is 0.342 e. The first-order valence-electron chi connectivity index (χ1n) is 9.62. The maximum absolute atomic E-state index is 13.0. The summed E-state index contributed by atoms with van der Waals surface area (Å²) in [5.74, 6) is -1.38. The first-order valence-corrected chi connectivity index (χ1v) is 10.4. The van der Waals surface area contributed by atoms with Gasteiger partial charge in [0.25, 0.3) is 5.56 Å². The largest absolute Gasteiger partial charge is 0.462 e. The van der Waals surface area contributed by atoms with Crippen LogP contribution in [0.1, 0.15) is 46.8 Å². The SMILES string of the molecule is Cc1cc(Br)ccc1Nc1cc(=O)n2c(c1C(=O)OCC1CC1)C(C(N)=O)CC2. The van der Waals surface area contributed by atoms with E-state index in [9.17, 15) is 14.4 Å². The third-order valence-electron chi connectivity index (χ3n) is 5.47. The van der Waals surface area contributed by atoms with Gasteiger partial charge in [0.2, 0.25) is 5.91 Å². The van der Waals surface area contributed by atoms with Crippen LogP contribution < -0.4 is 16.6 Å². The standard InChI is InChI=1S/C21H22BrN3O4/c1-11-8-13(22)4-5-15(11)24-16-9-17(26)25-7-6-14(20(23)27)19(25)18(16)21(28)29-10-12-2-3-12/h4-5,8-9,12,14,24H,2-3,6-7,10H2,1H3,(H2,23,27). The lowest BCUT2D eigenvalue weighted by atomic mass is 9.98. The van der Waals surface area contributed by atoms with E-state index in [1.54, 1.807) is 0 Å². The molecule has 4 rings (SSSR count). The predicted molar refractivity (Wildman–Crippen MR) is 112 cm³/mol. The summed E-state index contributed by atoms with van der Waals surface area (Å²) in [7, 11) is 0. The van der Waals surface area contributed by atoms with Crippen LogP contribution in [0.5, 0.6) is 0 Å². The lowest BCUT2D eigenvalue weighted by molar-refractivity contribution is -0.119. The molecule has 152 valence electrons. The number of carbonyl (C=O) groups is 2. The van der Waals surface area contributed by atoms with Crippen molar-refractivity contribution in [3.05, 3.63) is 55.9 Å². The molecule has 29 heavy (non-hydrogen) atoms. The number of hydrogen-bond acceptors (Lipinski definition) is 5. The molecule has 2 aromatic rings. The molecule has 1 atom stereocenters. The summed E-state index contributed by atoms with van der Waals surface area (Å²) >= 11 is 3.43. The average Bonchev–Trinajstić information content (AvgIpc) is 3.38. The summed E-state index contributed by atoms with van der Waals surface area (Å²) in [5.41, 5.74) is 7.88. The minimum atomic E-state index is -0.695. The molecule has 3 N–H and O–H groups in total. The van der Waals surface area contributed by atoms with E-state index >= 15 is 0 Å². The van der Waals surface area contributed by atoms with Gasteiger partial charge in [0.15, 0.2) is 0 Å². The van der Waals surface area contributed by atoms with Crippen LogP contribution in [0.25, 0.3) is 0 Å². The number of aryl methyl sites for hydroxylation is 1. The number of aromatic nitrogens is 1. The van der Waals surface area contributed by atoms with Crippen molar-refractivity contribution in [3.63, 3.8) is 0 Å². The minimum absolute atomic E-state index is 0.217. The van der Waals surface area contributed by atoms with Gasteiger partial charge in [-0.2, -0.15) is 0 Å². The zero-order chi connectivity index (χ0) is 20.7. The summed E-state index contributed by atoms with van der Waals surface area (Å²) < 4.78 is 7.90. The third-order valence-corrected chi connectivity index (χ3v) is 5.97. The van der Waals surface area contributed by atoms with Crippen LogP contribution in [0.4, 0.5) is 11.4 Å². The van der Waals surface area contributed by atoms with Crippen molar-refractivity contribution in [3.8, 4) is 0 Å². The highest BCUT2D eigenvalue weighted by atomic mass is 79.9. The second-order valence-electron chi connectivity index (χ2n) is 7.68. The molecule has 0 radical (unpaired) electrons. The summed E-state index contributed by atoms with van der Waals surface area (Å²) in [6.45, 7) is 2.61. The number of ether oxygens (including phenoxy) is 1. The van der Waals surface area contributed by atoms with Crippen LogP contribution in [-0.2, 0) is 16.1 Å². The Bertz CT molecular complexity index is 1060. The number of rotatable bonds is 6. The summed E-state index contributed by atoms with van der Waals surface area (Å²) in [6, 6.07) is 7.05. The van der Waals surface area contributed by atoms with Gasteiger partial charge in [-0.15, -0.1) is 0 Å². The van der Waals surface area contributed by atoms with Gasteiger partial charge in [-0.05, 0) is 55.9 Å². The second-order valence-corrected chi connectivity index (χ2v) is 8.59. The monoisotopic (exact) mass is 459 g/mol. The number of nitrogens with one attached hydrogen (secondary N) is 1. The number of esters is 1. The van der Waals surface area contributed by atoms with Gasteiger partial charge in [-0.25, -0.2) is 4.79 Å². The molecule has 1 aliphatic carbocycles. The van der Waals surface area contributed by atoms with Crippen LogP contribution in [0, 0.1) is 12.8 Å². The van der Waals surface area contributed by atoms with Crippen LogP contribution in [-0.4, -0.2) is 23.1 Å². The van der Waals surface area contributed by atoms with Crippen molar-refractivity contribution < 1.29 is 14.3 Å². The van der Waals surface area contributed by atoms with Crippen molar-refractivity contribution in [1.82, 2.24) is 4.57 Å². The Morgan fingerprint density at radius 2 is 2.00 bits per heavy atom. The highest BCUT2D eigenvalue weighted by Gasteiger charge is 2.36. The van der Waals surface area contributed by atoms with E-state index in [1.807, 2.05) is 25.1 Å². The normalized spacial score (nSPS) is 17.7.